The highest BCUT2D eigenvalue weighted by atomic mass is 16.5. The van der Waals surface area contributed by atoms with Gasteiger partial charge in [-0.25, -0.2) is 0 Å². The van der Waals surface area contributed by atoms with Gasteiger partial charge in [0, 0.05) is 25.0 Å². The molecule has 4 rings (SSSR count). The highest BCUT2D eigenvalue weighted by Crippen LogP contribution is 2.38. The highest BCUT2D eigenvalue weighted by molar-refractivity contribution is 6.35. The molecule has 1 aliphatic heterocycles. The van der Waals surface area contributed by atoms with Crippen molar-refractivity contribution in [2.45, 2.75) is 44.2 Å². The molecule has 2 saturated carbocycles. The zero-order chi connectivity index (χ0) is 13.7. The second kappa shape index (κ2) is 4.29. The Hall–Kier alpha value is -1.92. The van der Waals surface area contributed by atoms with Crippen molar-refractivity contribution < 1.29 is 14.1 Å². The number of aromatic nitrogens is 2. The van der Waals surface area contributed by atoms with Gasteiger partial charge in [0.05, 0.1) is 0 Å². The summed E-state index contributed by atoms with van der Waals surface area (Å²) in [5, 5.41) is 3.92. The lowest BCUT2D eigenvalue weighted by atomic mass is 10.3. The molecular weight excluding hydrogens is 260 g/mol. The second-order valence-corrected chi connectivity index (χ2v) is 5.78. The minimum Gasteiger partial charge on any atom is -0.337 e. The average Bonchev–Trinajstić information content (AvgIpc) is 3.35. The lowest BCUT2D eigenvalue weighted by Crippen LogP contribution is -2.54. The van der Waals surface area contributed by atoms with Crippen LogP contribution in [-0.2, 0) is 16.1 Å². The van der Waals surface area contributed by atoms with Gasteiger partial charge in [-0.2, -0.15) is 4.98 Å². The predicted octanol–water partition coefficient (Wildman–Crippen LogP) is 0.280. The molecule has 7 heteroatoms. The summed E-state index contributed by atoms with van der Waals surface area (Å²) in [4.78, 5) is 31.6. The van der Waals surface area contributed by atoms with Crippen molar-refractivity contribution in [2.75, 3.05) is 13.1 Å². The molecule has 7 nitrogen and oxygen atoms in total. The first-order valence-electron chi connectivity index (χ1n) is 7.15. The Morgan fingerprint density at radius 3 is 2.60 bits per heavy atom. The van der Waals surface area contributed by atoms with Crippen molar-refractivity contribution >= 4 is 11.8 Å². The summed E-state index contributed by atoms with van der Waals surface area (Å²) < 4.78 is 5.16. The molecule has 20 heavy (non-hydrogen) atoms. The summed E-state index contributed by atoms with van der Waals surface area (Å²) in [6.45, 7) is 1.39. The van der Waals surface area contributed by atoms with Crippen LogP contribution in [0.3, 0.4) is 0 Å². The minimum atomic E-state index is -0.450. The van der Waals surface area contributed by atoms with Gasteiger partial charge < -0.3 is 14.3 Å². The molecule has 0 radical (unpaired) electrons. The van der Waals surface area contributed by atoms with E-state index in [1.54, 1.807) is 4.90 Å². The van der Waals surface area contributed by atoms with E-state index in [1.165, 1.54) is 4.90 Å². The number of piperazine rings is 1. The Labute approximate surface area is 115 Å². The standard InChI is InChI=1S/C13H16N4O3/c18-12-13(19)17(9-3-4-9)6-5-16(12)7-10-14-11(15-20-10)8-1-2-8/h8-9H,1-7H2. The number of rotatable bonds is 4. The van der Waals surface area contributed by atoms with Crippen LogP contribution in [0.1, 0.15) is 43.3 Å². The summed E-state index contributed by atoms with van der Waals surface area (Å²) >= 11 is 0. The number of nitrogens with zero attached hydrogens (tertiary/aromatic N) is 4. The molecule has 2 heterocycles. The van der Waals surface area contributed by atoms with Gasteiger partial charge in [-0.3, -0.25) is 9.59 Å². The number of hydrogen-bond acceptors (Lipinski definition) is 5. The topological polar surface area (TPSA) is 79.5 Å². The maximum atomic E-state index is 12.1. The van der Waals surface area contributed by atoms with E-state index in [9.17, 15) is 9.59 Å². The molecule has 2 amide bonds. The van der Waals surface area contributed by atoms with Gasteiger partial charge in [0.15, 0.2) is 5.82 Å². The van der Waals surface area contributed by atoms with Gasteiger partial charge in [0.2, 0.25) is 5.89 Å². The summed E-state index contributed by atoms with van der Waals surface area (Å²) in [7, 11) is 0. The van der Waals surface area contributed by atoms with Crippen LogP contribution >= 0.6 is 0 Å². The fourth-order valence-corrected chi connectivity index (χ4v) is 2.58. The minimum absolute atomic E-state index is 0.239. The number of carbonyl (C=O) groups excluding carboxylic acids is 2. The van der Waals surface area contributed by atoms with E-state index >= 15 is 0 Å². The van der Waals surface area contributed by atoms with E-state index in [4.69, 9.17) is 4.52 Å². The SMILES string of the molecule is O=C1C(=O)N(C2CC2)CCN1Cc1nc(C2CC2)no1. The largest absolute Gasteiger partial charge is 0.337 e. The molecule has 1 saturated heterocycles. The lowest BCUT2D eigenvalue weighted by Gasteiger charge is -2.33. The first-order valence-corrected chi connectivity index (χ1v) is 7.15. The van der Waals surface area contributed by atoms with Gasteiger partial charge in [0.1, 0.15) is 6.54 Å². The third-order valence-electron chi connectivity index (χ3n) is 4.08. The van der Waals surface area contributed by atoms with Crippen LogP contribution in [0.2, 0.25) is 0 Å². The van der Waals surface area contributed by atoms with Crippen LogP contribution in [0.5, 0.6) is 0 Å². The molecule has 1 aromatic heterocycles. The average molecular weight is 276 g/mol. The Kier molecular flexibility index (Phi) is 2.55. The molecule has 106 valence electrons. The third-order valence-corrected chi connectivity index (χ3v) is 4.08. The van der Waals surface area contributed by atoms with Crippen molar-refractivity contribution in [3.05, 3.63) is 11.7 Å². The van der Waals surface area contributed by atoms with Crippen molar-refractivity contribution in [2.24, 2.45) is 0 Å². The van der Waals surface area contributed by atoms with Crippen LogP contribution in [0.25, 0.3) is 0 Å². The van der Waals surface area contributed by atoms with Crippen molar-refractivity contribution in [3.63, 3.8) is 0 Å². The van der Waals surface area contributed by atoms with E-state index in [2.05, 4.69) is 10.1 Å². The quantitative estimate of drug-likeness (QED) is 0.738. The third kappa shape index (κ3) is 2.07. The Morgan fingerprint density at radius 1 is 1.10 bits per heavy atom. The fraction of sp³-hybridized carbons (Fsp3) is 0.692. The van der Waals surface area contributed by atoms with Crippen molar-refractivity contribution in [1.82, 2.24) is 19.9 Å². The van der Waals surface area contributed by atoms with Gasteiger partial charge >= 0.3 is 11.8 Å². The molecular formula is C13H16N4O3. The van der Waals surface area contributed by atoms with Crippen LogP contribution < -0.4 is 0 Å². The van der Waals surface area contributed by atoms with Gasteiger partial charge in [-0.15, -0.1) is 0 Å². The van der Waals surface area contributed by atoms with Crippen molar-refractivity contribution in [3.8, 4) is 0 Å². The number of hydrogen-bond donors (Lipinski definition) is 0. The highest BCUT2D eigenvalue weighted by Gasteiger charge is 2.41. The zero-order valence-corrected chi connectivity index (χ0v) is 11.1. The molecule has 0 spiro atoms. The van der Waals surface area contributed by atoms with Gasteiger partial charge in [0.25, 0.3) is 0 Å². The maximum Gasteiger partial charge on any atom is 0.312 e. The predicted molar refractivity (Wildman–Crippen MR) is 66.4 cm³/mol. The van der Waals surface area contributed by atoms with Gasteiger partial charge in [-0.1, -0.05) is 5.16 Å². The molecule has 0 aromatic carbocycles. The van der Waals surface area contributed by atoms with Gasteiger partial charge in [-0.05, 0) is 25.7 Å². The Morgan fingerprint density at radius 2 is 1.90 bits per heavy atom. The fourth-order valence-electron chi connectivity index (χ4n) is 2.58. The number of amides is 2. The van der Waals surface area contributed by atoms with Crippen LogP contribution in [0.15, 0.2) is 4.52 Å². The summed E-state index contributed by atoms with van der Waals surface area (Å²) in [6, 6.07) is 0.290. The molecule has 1 aromatic rings. The summed E-state index contributed by atoms with van der Waals surface area (Å²) in [6.07, 6.45) is 4.26. The molecule has 0 unspecified atom stereocenters. The normalized spacial score (nSPS) is 23.6. The van der Waals surface area contributed by atoms with E-state index in [0.717, 1.165) is 31.5 Å². The Bertz CT molecular complexity index is 562. The van der Waals surface area contributed by atoms with E-state index < -0.39 is 5.91 Å². The molecule has 0 N–H and O–H groups in total. The Balaban J connectivity index is 1.42. The first-order chi connectivity index (χ1) is 9.72. The van der Waals surface area contributed by atoms with E-state index in [-0.39, 0.29) is 12.5 Å². The van der Waals surface area contributed by atoms with Crippen LogP contribution in [0, 0.1) is 0 Å². The lowest BCUT2D eigenvalue weighted by molar-refractivity contribution is -0.157. The zero-order valence-electron chi connectivity index (χ0n) is 11.1. The smallest absolute Gasteiger partial charge is 0.312 e. The first kappa shape index (κ1) is 11.9. The summed E-state index contributed by atoms with van der Waals surface area (Å²) in [5.74, 6) is 0.745. The van der Waals surface area contributed by atoms with Crippen molar-refractivity contribution in [1.29, 1.82) is 0 Å². The second-order valence-electron chi connectivity index (χ2n) is 5.78. The number of carbonyl (C=O) groups is 2. The molecule has 0 bridgehead atoms. The van der Waals surface area contributed by atoms with Crippen LogP contribution in [0.4, 0.5) is 0 Å². The molecule has 3 aliphatic rings. The molecule has 0 atom stereocenters. The molecule has 2 aliphatic carbocycles. The monoisotopic (exact) mass is 276 g/mol. The molecule has 3 fully saturated rings. The summed E-state index contributed by atoms with van der Waals surface area (Å²) in [5.41, 5.74) is 0. The maximum absolute atomic E-state index is 12.1. The van der Waals surface area contributed by atoms with E-state index in [1.807, 2.05) is 0 Å². The van der Waals surface area contributed by atoms with Crippen LogP contribution in [-0.4, -0.2) is 50.9 Å². The van der Waals surface area contributed by atoms with E-state index in [0.29, 0.717) is 30.9 Å².